The zero-order valence-corrected chi connectivity index (χ0v) is 10.7. The Morgan fingerprint density at radius 1 is 1.53 bits per heavy atom. The summed E-state index contributed by atoms with van der Waals surface area (Å²) in [5.41, 5.74) is 1.61. The first-order chi connectivity index (χ1) is 9.11. The van der Waals surface area contributed by atoms with E-state index in [4.69, 9.17) is 9.84 Å². The molecule has 102 valence electrons. The molecule has 0 spiro atoms. The third-order valence-electron chi connectivity index (χ3n) is 2.97. The molecule has 2 rings (SSSR count). The Labute approximate surface area is 111 Å². The lowest BCUT2D eigenvalue weighted by molar-refractivity contribution is -0.115. The van der Waals surface area contributed by atoms with Gasteiger partial charge in [-0.1, -0.05) is 0 Å². The normalized spacial score (nSPS) is 13.9. The first-order valence-electron chi connectivity index (χ1n) is 6.03. The van der Waals surface area contributed by atoms with Gasteiger partial charge in [-0.2, -0.15) is 0 Å². The Morgan fingerprint density at radius 3 is 3.00 bits per heavy atom. The number of carbonyl (C=O) groups is 2. The lowest BCUT2D eigenvalue weighted by atomic mass is 10.1. The number of benzene rings is 1. The van der Waals surface area contributed by atoms with E-state index in [0.717, 1.165) is 12.1 Å². The maximum atomic E-state index is 11.6. The van der Waals surface area contributed by atoms with Gasteiger partial charge in [0.2, 0.25) is 5.91 Å². The largest absolute Gasteiger partial charge is 0.478 e. The molecule has 1 aliphatic heterocycles. The summed E-state index contributed by atoms with van der Waals surface area (Å²) in [6, 6.07) is 4.70. The minimum Gasteiger partial charge on any atom is -0.478 e. The second-order valence-electron chi connectivity index (χ2n) is 4.35. The lowest BCUT2D eigenvalue weighted by Gasteiger charge is -2.31. The molecule has 1 aromatic carbocycles. The predicted molar refractivity (Wildman–Crippen MR) is 70.7 cm³/mol. The molecule has 19 heavy (non-hydrogen) atoms. The van der Waals surface area contributed by atoms with E-state index in [1.165, 1.54) is 6.07 Å². The molecule has 0 aliphatic carbocycles. The molecule has 6 nitrogen and oxygen atoms in total. The number of hydrogen-bond acceptors (Lipinski definition) is 4. The quantitative estimate of drug-likeness (QED) is 0.781. The van der Waals surface area contributed by atoms with Gasteiger partial charge in [-0.3, -0.25) is 4.79 Å². The van der Waals surface area contributed by atoms with Gasteiger partial charge in [-0.25, -0.2) is 4.79 Å². The SMILES string of the molecule is COCCCN1CC(=O)Nc2ccc(C(=O)O)cc21. The topological polar surface area (TPSA) is 78.9 Å². The first-order valence-corrected chi connectivity index (χ1v) is 6.03. The van der Waals surface area contributed by atoms with Crippen LogP contribution in [0, 0.1) is 0 Å². The van der Waals surface area contributed by atoms with Gasteiger partial charge < -0.3 is 20.1 Å². The van der Waals surface area contributed by atoms with Gasteiger partial charge in [0.05, 0.1) is 23.5 Å². The van der Waals surface area contributed by atoms with Gasteiger partial charge in [0.15, 0.2) is 0 Å². The van der Waals surface area contributed by atoms with Crippen LogP contribution in [-0.2, 0) is 9.53 Å². The number of carboxylic acid groups (broad SMARTS) is 1. The second-order valence-corrected chi connectivity index (χ2v) is 4.35. The second kappa shape index (κ2) is 5.71. The minimum atomic E-state index is -0.975. The number of nitrogens with one attached hydrogen (secondary N) is 1. The predicted octanol–water partition coefficient (Wildman–Crippen LogP) is 1.18. The molecular weight excluding hydrogens is 248 g/mol. The van der Waals surface area contributed by atoms with Gasteiger partial charge in [0.1, 0.15) is 0 Å². The standard InChI is InChI=1S/C13H16N2O4/c1-19-6-2-5-15-8-12(16)14-10-4-3-9(13(17)18)7-11(10)15/h3-4,7H,2,5-6,8H2,1H3,(H,14,16)(H,17,18). The molecule has 0 aromatic heterocycles. The lowest BCUT2D eigenvalue weighted by Crippen LogP contribution is -2.39. The fraction of sp³-hybridized carbons (Fsp3) is 0.385. The Morgan fingerprint density at radius 2 is 2.32 bits per heavy atom. The molecule has 0 fully saturated rings. The van der Waals surface area contributed by atoms with Crippen molar-refractivity contribution in [2.45, 2.75) is 6.42 Å². The highest BCUT2D eigenvalue weighted by molar-refractivity contribution is 6.02. The Balaban J connectivity index is 2.25. The number of carboxylic acids is 1. The van der Waals surface area contributed by atoms with Crippen molar-refractivity contribution in [1.82, 2.24) is 0 Å². The molecule has 0 bridgehead atoms. The van der Waals surface area contributed by atoms with Crippen molar-refractivity contribution < 1.29 is 19.4 Å². The van der Waals surface area contributed by atoms with E-state index in [-0.39, 0.29) is 18.0 Å². The van der Waals surface area contributed by atoms with Crippen molar-refractivity contribution in [3.05, 3.63) is 23.8 Å². The van der Waals surface area contributed by atoms with Crippen LogP contribution in [0.5, 0.6) is 0 Å². The summed E-state index contributed by atoms with van der Waals surface area (Å²) in [4.78, 5) is 24.5. The monoisotopic (exact) mass is 264 g/mol. The number of rotatable bonds is 5. The summed E-state index contributed by atoms with van der Waals surface area (Å²) < 4.78 is 4.99. The molecule has 0 saturated carbocycles. The Hall–Kier alpha value is -2.08. The molecular formula is C13H16N2O4. The van der Waals surface area contributed by atoms with Crippen LogP contribution >= 0.6 is 0 Å². The summed E-state index contributed by atoms with van der Waals surface area (Å²) >= 11 is 0. The van der Waals surface area contributed by atoms with E-state index in [1.807, 2.05) is 4.90 Å². The highest BCUT2D eigenvalue weighted by atomic mass is 16.5. The van der Waals surface area contributed by atoms with Crippen molar-refractivity contribution in [2.75, 3.05) is 37.0 Å². The molecule has 1 amide bonds. The summed E-state index contributed by atoms with van der Waals surface area (Å²) in [6.45, 7) is 1.49. The number of aromatic carboxylic acids is 1. The fourth-order valence-corrected chi connectivity index (χ4v) is 2.08. The van der Waals surface area contributed by atoms with Crippen LogP contribution in [0.4, 0.5) is 11.4 Å². The van der Waals surface area contributed by atoms with Gasteiger partial charge >= 0.3 is 5.97 Å². The molecule has 1 heterocycles. The zero-order valence-electron chi connectivity index (χ0n) is 10.7. The fourth-order valence-electron chi connectivity index (χ4n) is 2.08. The Bertz CT molecular complexity index is 501. The van der Waals surface area contributed by atoms with Crippen LogP contribution in [0.1, 0.15) is 16.8 Å². The van der Waals surface area contributed by atoms with E-state index in [1.54, 1.807) is 19.2 Å². The minimum absolute atomic E-state index is 0.0898. The maximum Gasteiger partial charge on any atom is 0.335 e. The molecule has 2 N–H and O–H groups in total. The van der Waals surface area contributed by atoms with Crippen LogP contribution in [0.25, 0.3) is 0 Å². The highest BCUT2D eigenvalue weighted by Gasteiger charge is 2.22. The number of amides is 1. The van der Waals surface area contributed by atoms with Crippen molar-refractivity contribution in [1.29, 1.82) is 0 Å². The molecule has 1 aromatic rings. The summed E-state index contributed by atoms with van der Waals surface area (Å²) in [7, 11) is 1.62. The number of carbonyl (C=O) groups excluding carboxylic acids is 1. The van der Waals surface area contributed by atoms with Crippen LogP contribution in [0.15, 0.2) is 18.2 Å². The van der Waals surface area contributed by atoms with Crippen LogP contribution in [-0.4, -0.2) is 43.8 Å². The molecule has 6 heteroatoms. The maximum absolute atomic E-state index is 11.6. The van der Waals surface area contributed by atoms with E-state index in [2.05, 4.69) is 5.32 Å². The summed E-state index contributed by atoms with van der Waals surface area (Å²) in [6.07, 6.45) is 0.778. The third-order valence-corrected chi connectivity index (χ3v) is 2.97. The van der Waals surface area contributed by atoms with E-state index in [0.29, 0.717) is 18.8 Å². The van der Waals surface area contributed by atoms with Gasteiger partial charge in [-0.15, -0.1) is 0 Å². The average Bonchev–Trinajstić information content (AvgIpc) is 2.38. The number of fused-ring (bicyclic) bond motifs is 1. The third kappa shape index (κ3) is 3.03. The van der Waals surface area contributed by atoms with Crippen LogP contribution in [0.2, 0.25) is 0 Å². The van der Waals surface area contributed by atoms with E-state index in [9.17, 15) is 9.59 Å². The van der Waals surface area contributed by atoms with Crippen molar-refractivity contribution in [2.24, 2.45) is 0 Å². The number of hydrogen-bond donors (Lipinski definition) is 2. The molecule has 1 aliphatic rings. The number of methoxy groups -OCH3 is 1. The molecule has 0 unspecified atom stereocenters. The number of anilines is 2. The van der Waals surface area contributed by atoms with E-state index < -0.39 is 5.97 Å². The van der Waals surface area contributed by atoms with Gasteiger partial charge in [0.25, 0.3) is 0 Å². The van der Waals surface area contributed by atoms with Crippen molar-refractivity contribution in [3.63, 3.8) is 0 Å². The number of nitrogens with zero attached hydrogens (tertiary/aromatic N) is 1. The smallest absolute Gasteiger partial charge is 0.335 e. The van der Waals surface area contributed by atoms with Crippen molar-refractivity contribution in [3.8, 4) is 0 Å². The van der Waals surface area contributed by atoms with Crippen LogP contribution < -0.4 is 10.2 Å². The van der Waals surface area contributed by atoms with E-state index >= 15 is 0 Å². The summed E-state index contributed by atoms with van der Waals surface area (Å²) in [5.74, 6) is -1.07. The molecule has 0 saturated heterocycles. The highest BCUT2D eigenvalue weighted by Crippen LogP contribution is 2.30. The van der Waals surface area contributed by atoms with Crippen molar-refractivity contribution >= 4 is 23.3 Å². The van der Waals surface area contributed by atoms with Gasteiger partial charge in [0, 0.05) is 20.3 Å². The van der Waals surface area contributed by atoms with Crippen LogP contribution in [0.3, 0.4) is 0 Å². The summed E-state index contributed by atoms with van der Waals surface area (Å²) in [5, 5.41) is 11.8. The molecule has 0 radical (unpaired) electrons. The molecule has 0 atom stereocenters. The Kier molecular flexibility index (Phi) is 4.01. The van der Waals surface area contributed by atoms with Gasteiger partial charge in [-0.05, 0) is 24.6 Å². The zero-order chi connectivity index (χ0) is 13.8. The average molecular weight is 264 g/mol. The number of ether oxygens (including phenoxy) is 1. The first kappa shape index (κ1) is 13.4.